The van der Waals surface area contributed by atoms with Crippen molar-refractivity contribution < 1.29 is 33.4 Å². The average molecular weight is 460 g/mol. The van der Waals surface area contributed by atoms with Crippen molar-refractivity contribution in [3.8, 4) is 11.5 Å². The third-order valence-electron chi connectivity index (χ3n) is 4.95. The quantitative estimate of drug-likeness (QED) is 0.432. The van der Waals surface area contributed by atoms with Crippen molar-refractivity contribution in [2.24, 2.45) is 0 Å². The zero-order chi connectivity index (χ0) is 22.7. The van der Waals surface area contributed by atoms with E-state index in [2.05, 4.69) is 10.6 Å². The SMILES string of the molecule is O=C(CCCN1C(=O)CNC1=O)NCCN1C(=O)SC(=Cc2ccc3c(c2)OCO3)C1=O. The molecule has 4 rings (SSSR count). The first-order valence-corrected chi connectivity index (χ1v) is 10.7. The van der Waals surface area contributed by atoms with E-state index in [0.29, 0.717) is 23.5 Å². The van der Waals surface area contributed by atoms with Gasteiger partial charge in [-0.3, -0.25) is 29.0 Å². The number of benzene rings is 1. The fraction of sp³-hybridized carbons (Fsp3) is 0.350. The molecular formula is C20H20N4O7S. The molecule has 1 aromatic rings. The first kappa shape index (κ1) is 21.7. The van der Waals surface area contributed by atoms with Gasteiger partial charge in [0.15, 0.2) is 11.5 Å². The minimum atomic E-state index is -0.455. The molecular weight excluding hydrogens is 440 g/mol. The molecule has 0 unspecified atom stereocenters. The van der Waals surface area contributed by atoms with E-state index >= 15 is 0 Å². The fourth-order valence-electron chi connectivity index (χ4n) is 3.32. The van der Waals surface area contributed by atoms with Gasteiger partial charge in [-0.2, -0.15) is 0 Å². The maximum Gasteiger partial charge on any atom is 0.324 e. The lowest BCUT2D eigenvalue weighted by Crippen LogP contribution is -2.37. The number of fused-ring (bicyclic) bond motifs is 1. The Hall–Kier alpha value is -3.54. The Morgan fingerprint density at radius 3 is 2.72 bits per heavy atom. The van der Waals surface area contributed by atoms with Crippen molar-refractivity contribution in [2.45, 2.75) is 12.8 Å². The van der Waals surface area contributed by atoms with Gasteiger partial charge in [-0.15, -0.1) is 0 Å². The van der Waals surface area contributed by atoms with Crippen LogP contribution in [0.15, 0.2) is 23.1 Å². The number of rotatable bonds is 8. The lowest BCUT2D eigenvalue weighted by atomic mass is 10.2. The van der Waals surface area contributed by atoms with Gasteiger partial charge < -0.3 is 20.1 Å². The molecule has 3 heterocycles. The number of urea groups is 1. The molecule has 2 saturated heterocycles. The molecule has 11 nitrogen and oxygen atoms in total. The van der Waals surface area contributed by atoms with Crippen LogP contribution in [0.3, 0.4) is 0 Å². The van der Waals surface area contributed by atoms with Gasteiger partial charge in [0.25, 0.3) is 11.1 Å². The topological polar surface area (TPSA) is 134 Å². The van der Waals surface area contributed by atoms with Gasteiger partial charge >= 0.3 is 6.03 Å². The molecule has 0 saturated carbocycles. The summed E-state index contributed by atoms with van der Waals surface area (Å²) >= 11 is 0.836. The highest BCUT2D eigenvalue weighted by atomic mass is 32.2. The van der Waals surface area contributed by atoms with Crippen molar-refractivity contribution >= 4 is 46.8 Å². The van der Waals surface area contributed by atoms with Crippen LogP contribution in [0.25, 0.3) is 6.08 Å². The molecule has 2 fully saturated rings. The summed E-state index contributed by atoms with van der Waals surface area (Å²) in [4.78, 5) is 62.1. The molecule has 0 aliphatic carbocycles. The number of thioether (sulfide) groups is 1. The van der Waals surface area contributed by atoms with E-state index in [4.69, 9.17) is 9.47 Å². The maximum atomic E-state index is 12.6. The third kappa shape index (κ3) is 4.69. The van der Waals surface area contributed by atoms with Crippen LogP contribution in [0.2, 0.25) is 0 Å². The van der Waals surface area contributed by atoms with Crippen LogP contribution in [-0.4, -0.2) is 71.8 Å². The van der Waals surface area contributed by atoms with Gasteiger partial charge in [-0.05, 0) is 42.0 Å². The summed E-state index contributed by atoms with van der Waals surface area (Å²) in [5.74, 6) is 0.172. The van der Waals surface area contributed by atoms with E-state index in [0.717, 1.165) is 21.6 Å². The smallest absolute Gasteiger partial charge is 0.324 e. The zero-order valence-electron chi connectivity index (χ0n) is 16.9. The number of hydrogen-bond acceptors (Lipinski definition) is 8. The second-order valence-corrected chi connectivity index (χ2v) is 8.10. The summed E-state index contributed by atoms with van der Waals surface area (Å²) in [6, 6.07) is 4.78. The molecule has 32 heavy (non-hydrogen) atoms. The first-order chi connectivity index (χ1) is 15.4. The van der Waals surface area contributed by atoms with Crippen molar-refractivity contribution in [1.29, 1.82) is 0 Å². The molecule has 168 valence electrons. The second-order valence-electron chi connectivity index (χ2n) is 7.10. The highest BCUT2D eigenvalue weighted by Gasteiger charge is 2.34. The number of carbonyl (C=O) groups excluding carboxylic acids is 5. The minimum absolute atomic E-state index is 0.0218. The van der Waals surface area contributed by atoms with E-state index in [1.807, 2.05) is 0 Å². The summed E-state index contributed by atoms with van der Waals surface area (Å²) in [6.07, 6.45) is 2.05. The Balaban J connectivity index is 1.23. The Morgan fingerprint density at radius 2 is 1.94 bits per heavy atom. The summed E-state index contributed by atoms with van der Waals surface area (Å²) in [7, 11) is 0. The van der Waals surface area contributed by atoms with Crippen LogP contribution in [-0.2, 0) is 14.4 Å². The van der Waals surface area contributed by atoms with Gasteiger partial charge in [-0.1, -0.05) is 6.07 Å². The largest absolute Gasteiger partial charge is 0.454 e. The molecule has 3 aliphatic heterocycles. The molecule has 6 amide bonds. The number of hydrogen-bond donors (Lipinski definition) is 2. The van der Waals surface area contributed by atoms with E-state index in [-0.39, 0.29) is 56.1 Å². The fourth-order valence-corrected chi connectivity index (χ4v) is 4.19. The Morgan fingerprint density at radius 1 is 1.12 bits per heavy atom. The number of nitrogens with zero attached hydrogens (tertiary/aromatic N) is 2. The molecule has 0 spiro atoms. The molecule has 2 N–H and O–H groups in total. The third-order valence-corrected chi connectivity index (χ3v) is 5.86. The van der Waals surface area contributed by atoms with Gasteiger partial charge in [0.2, 0.25) is 18.6 Å². The van der Waals surface area contributed by atoms with Crippen molar-refractivity contribution in [1.82, 2.24) is 20.4 Å². The summed E-state index contributed by atoms with van der Waals surface area (Å²) in [5, 5.41) is 4.65. The summed E-state index contributed by atoms with van der Waals surface area (Å²) < 4.78 is 10.6. The van der Waals surface area contributed by atoms with Crippen molar-refractivity contribution in [3.05, 3.63) is 28.7 Å². The number of nitrogens with one attached hydrogen (secondary N) is 2. The Bertz CT molecular complexity index is 1010. The predicted octanol–water partition coefficient (Wildman–Crippen LogP) is 0.900. The maximum absolute atomic E-state index is 12.6. The van der Waals surface area contributed by atoms with Gasteiger partial charge in [-0.25, -0.2) is 4.79 Å². The minimum Gasteiger partial charge on any atom is -0.454 e. The van der Waals surface area contributed by atoms with Gasteiger partial charge in [0.05, 0.1) is 11.4 Å². The van der Waals surface area contributed by atoms with Crippen LogP contribution in [0.4, 0.5) is 9.59 Å². The molecule has 0 bridgehead atoms. The molecule has 0 aromatic heterocycles. The molecule has 0 atom stereocenters. The molecule has 0 radical (unpaired) electrons. The standard InChI is InChI=1S/C20H20N4O7S/c25-16(2-1-6-23-17(26)10-22-19(23)28)21-5-7-24-18(27)15(32-20(24)29)9-12-3-4-13-14(8-12)31-11-30-13/h3-4,8-9H,1-2,5-7,10-11H2,(H,21,25)(H,22,28). The van der Waals surface area contributed by atoms with E-state index in [9.17, 15) is 24.0 Å². The van der Waals surface area contributed by atoms with Crippen LogP contribution < -0.4 is 20.1 Å². The Labute approximate surface area is 187 Å². The van der Waals surface area contributed by atoms with Crippen LogP contribution in [0.1, 0.15) is 18.4 Å². The Kier molecular flexibility index (Phi) is 6.30. The second kappa shape index (κ2) is 9.30. The number of imide groups is 2. The molecule has 3 aliphatic rings. The number of amides is 6. The molecule has 12 heteroatoms. The molecule has 1 aromatic carbocycles. The van der Waals surface area contributed by atoms with Crippen LogP contribution in [0.5, 0.6) is 11.5 Å². The van der Waals surface area contributed by atoms with Crippen LogP contribution >= 0.6 is 11.8 Å². The number of carbonyl (C=O) groups is 5. The van der Waals surface area contributed by atoms with E-state index in [1.165, 1.54) is 0 Å². The normalized spacial score (nSPS) is 18.7. The van der Waals surface area contributed by atoms with Crippen molar-refractivity contribution in [3.63, 3.8) is 0 Å². The summed E-state index contributed by atoms with van der Waals surface area (Å²) in [5.41, 5.74) is 0.707. The lowest BCUT2D eigenvalue weighted by molar-refractivity contribution is -0.126. The van der Waals surface area contributed by atoms with E-state index < -0.39 is 17.2 Å². The highest BCUT2D eigenvalue weighted by molar-refractivity contribution is 8.18. The van der Waals surface area contributed by atoms with Gasteiger partial charge in [0.1, 0.15) is 0 Å². The summed E-state index contributed by atoms with van der Waals surface area (Å²) in [6.45, 7) is 0.434. The zero-order valence-corrected chi connectivity index (χ0v) is 17.7. The van der Waals surface area contributed by atoms with Crippen molar-refractivity contribution in [2.75, 3.05) is 33.0 Å². The van der Waals surface area contributed by atoms with E-state index in [1.54, 1.807) is 24.3 Å². The van der Waals surface area contributed by atoms with Crippen LogP contribution in [0, 0.1) is 0 Å². The average Bonchev–Trinajstić information content (AvgIpc) is 3.43. The predicted molar refractivity (Wildman–Crippen MR) is 113 cm³/mol. The number of ether oxygens (including phenoxy) is 2. The lowest BCUT2D eigenvalue weighted by Gasteiger charge is -2.14. The highest BCUT2D eigenvalue weighted by Crippen LogP contribution is 2.36. The first-order valence-electron chi connectivity index (χ1n) is 9.92. The monoisotopic (exact) mass is 460 g/mol. The van der Waals surface area contributed by atoms with Gasteiger partial charge in [0, 0.05) is 26.1 Å².